The van der Waals surface area contributed by atoms with E-state index in [0.29, 0.717) is 5.69 Å². The van der Waals surface area contributed by atoms with E-state index in [1.165, 1.54) is 13.0 Å². The Labute approximate surface area is 164 Å². The minimum absolute atomic E-state index is 0.0378. The zero-order chi connectivity index (χ0) is 21.1. The summed E-state index contributed by atoms with van der Waals surface area (Å²) in [5.41, 5.74) is 2.45. The van der Waals surface area contributed by atoms with Gasteiger partial charge >= 0.3 is 6.03 Å². The summed E-state index contributed by atoms with van der Waals surface area (Å²) in [5.74, 6) is -0.0696. The summed E-state index contributed by atoms with van der Waals surface area (Å²) in [6.45, 7) is 9.26. The van der Waals surface area contributed by atoms with E-state index in [1.807, 2.05) is 50.6 Å². The third kappa shape index (κ3) is 4.92. The molecule has 0 fully saturated rings. The number of hydrogen-bond acceptors (Lipinski definition) is 6. The van der Waals surface area contributed by atoms with Gasteiger partial charge in [0.05, 0.1) is 0 Å². The highest BCUT2D eigenvalue weighted by Gasteiger charge is 2.22. The third-order valence-electron chi connectivity index (χ3n) is 4.11. The molecule has 2 aromatic rings. The first kappa shape index (κ1) is 21.5. The van der Waals surface area contributed by atoms with E-state index < -0.39 is 21.1 Å². The van der Waals surface area contributed by atoms with Crippen molar-refractivity contribution in [1.29, 1.82) is 0 Å². The normalized spacial score (nSPS) is 11.5. The molecule has 0 aliphatic rings. The first-order chi connectivity index (χ1) is 13.0. The zero-order valence-electron chi connectivity index (χ0n) is 16.5. The van der Waals surface area contributed by atoms with Gasteiger partial charge in [0.1, 0.15) is 5.69 Å². The van der Waals surface area contributed by atoms with E-state index in [1.54, 1.807) is 0 Å². The summed E-state index contributed by atoms with van der Waals surface area (Å²) >= 11 is 0. The summed E-state index contributed by atoms with van der Waals surface area (Å²) in [5, 5.41) is 9.30. The first-order valence-electron chi connectivity index (χ1n) is 8.84. The minimum atomic E-state index is -4.24. The summed E-state index contributed by atoms with van der Waals surface area (Å²) in [6, 6.07) is 7.18. The van der Waals surface area contributed by atoms with Crippen LogP contribution in [0.1, 0.15) is 68.1 Å². The van der Waals surface area contributed by atoms with Crippen molar-refractivity contribution in [3.05, 3.63) is 47.2 Å². The van der Waals surface area contributed by atoms with Gasteiger partial charge in [-0.2, -0.15) is 8.42 Å². The first-order valence-corrected chi connectivity index (χ1v) is 10.3. The molecule has 1 heterocycles. The number of rotatable bonds is 6. The van der Waals surface area contributed by atoms with Gasteiger partial charge in [-0.05, 0) is 35.1 Å². The molecule has 0 unspecified atom stereocenters. The highest BCUT2D eigenvalue weighted by molar-refractivity contribution is 7.90. The maximum atomic E-state index is 12.4. The van der Waals surface area contributed by atoms with Crippen molar-refractivity contribution in [1.82, 2.24) is 14.9 Å². The maximum absolute atomic E-state index is 12.4. The van der Waals surface area contributed by atoms with Crippen LogP contribution in [0.4, 0.5) is 10.5 Å². The fourth-order valence-corrected chi connectivity index (χ4v) is 3.46. The number of anilines is 1. The number of benzene rings is 1. The molecule has 2 rings (SSSR count). The van der Waals surface area contributed by atoms with Gasteiger partial charge in [0.15, 0.2) is 10.8 Å². The van der Waals surface area contributed by atoms with Gasteiger partial charge in [0.2, 0.25) is 0 Å². The lowest BCUT2D eigenvalue weighted by Gasteiger charge is -2.20. The lowest BCUT2D eigenvalue weighted by atomic mass is 9.93. The molecule has 0 radical (unpaired) electrons. The third-order valence-corrected chi connectivity index (χ3v) is 5.34. The number of nitrogens with one attached hydrogen (secondary N) is 2. The van der Waals surface area contributed by atoms with Crippen LogP contribution in [-0.4, -0.2) is 30.4 Å². The second-order valence-corrected chi connectivity index (χ2v) is 8.62. The number of urea groups is 1. The maximum Gasteiger partial charge on any atom is 0.333 e. The lowest BCUT2D eigenvalue weighted by Crippen LogP contribution is -2.35. The van der Waals surface area contributed by atoms with Crippen LogP contribution < -0.4 is 10.0 Å². The molecule has 150 valence electrons. The van der Waals surface area contributed by atoms with Crippen molar-refractivity contribution < 1.29 is 18.0 Å². The van der Waals surface area contributed by atoms with Crippen molar-refractivity contribution in [2.45, 2.75) is 51.5 Å². The van der Waals surface area contributed by atoms with Crippen LogP contribution in [0.25, 0.3) is 0 Å². The smallest absolute Gasteiger partial charge is 0.307 e. The zero-order valence-corrected chi connectivity index (χ0v) is 17.3. The molecule has 0 saturated carbocycles. The van der Waals surface area contributed by atoms with Crippen LogP contribution in [0.5, 0.6) is 0 Å². The molecular weight excluding hydrogens is 380 g/mol. The molecule has 2 amide bonds. The molecule has 0 saturated heterocycles. The van der Waals surface area contributed by atoms with E-state index in [2.05, 4.69) is 15.5 Å². The SMILES string of the molecule is CC(=O)c1ccc(S(=O)(=O)NC(=O)Nc2c(C(C)C)cccc2C(C)C)nn1. The van der Waals surface area contributed by atoms with Gasteiger partial charge in [-0.15, -0.1) is 10.2 Å². The van der Waals surface area contributed by atoms with Crippen LogP contribution in [0.3, 0.4) is 0 Å². The van der Waals surface area contributed by atoms with Crippen molar-refractivity contribution in [3.63, 3.8) is 0 Å². The van der Waals surface area contributed by atoms with E-state index in [-0.39, 0.29) is 23.3 Å². The molecule has 0 atom stereocenters. The van der Waals surface area contributed by atoms with Gasteiger partial charge in [0, 0.05) is 12.6 Å². The lowest BCUT2D eigenvalue weighted by molar-refractivity contribution is 0.101. The second-order valence-electron chi connectivity index (χ2n) is 6.99. The van der Waals surface area contributed by atoms with Crippen LogP contribution in [0, 0.1) is 0 Å². The van der Waals surface area contributed by atoms with Crippen LogP contribution in [0.15, 0.2) is 35.4 Å². The van der Waals surface area contributed by atoms with E-state index in [9.17, 15) is 18.0 Å². The average molecular weight is 404 g/mol. The number of para-hydroxylation sites is 1. The number of aromatic nitrogens is 2. The number of Topliss-reactive ketones (excluding diaryl/α,β-unsaturated/α-hetero) is 1. The van der Waals surface area contributed by atoms with Crippen molar-refractivity contribution in [2.24, 2.45) is 0 Å². The molecule has 9 heteroatoms. The molecule has 8 nitrogen and oxygen atoms in total. The summed E-state index contributed by atoms with van der Waals surface area (Å²) in [4.78, 5) is 23.7. The molecule has 28 heavy (non-hydrogen) atoms. The van der Waals surface area contributed by atoms with Crippen LogP contribution in [0.2, 0.25) is 0 Å². The van der Waals surface area contributed by atoms with Crippen molar-refractivity contribution in [2.75, 3.05) is 5.32 Å². The average Bonchev–Trinajstić information content (AvgIpc) is 2.61. The quantitative estimate of drug-likeness (QED) is 0.712. The van der Waals surface area contributed by atoms with Gasteiger partial charge in [-0.3, -0.25) is 4.79 Å². The number of carbonyl (C=O) groups is 2. The summed E-state index contributed by atoms with van der Waals surface area (Å²) < 4.78 is 26.7. The largest absolute Gasteiger partial charge is 0.333 e. The number of amides is 2. The Balaban J connectivity index is 2.27. The summed E-state index contributed by atoms with van der Waals surface area (Å²) in [7, 11) is -4.24. The molecule has 0 aliphatic carbocycles. The number of hydrogen-bond donors (Lipinski definition) is 2. The standard InChI is InChI=1S/C19H24N4O4S/c1-11(2)14-7-6-8-15(12(3)4)18(14)20-19(25)23-28(26,27)17-10-9-16(13(5)24)21-22-17/h6-12H,1-5H3,(H2,20,23,25). The molecule has 0 spiro atoms. The van der Waals surface area contributed by atoms with E-state index >= 15 is 0 Å². The molecule has 1 aromatic carbocycles. The van der Waals surface area contributed by atoms with Crippen molar-refractivity contribution in [3.8, 4) is 0 Å². The summed E-state index contributed by atoms with van der Waals surface area (Å²) in [6.07, 6.45) is 0. The Morgan fingerprint density at radius 2 is 1.50 bits per heavy atom. The second kappa shape index (κ2) is 8.47. The molecule has 2 N–H and O–H groups in total. The molecule has 1 aromatic heterocycles. The fourth-order valence-electron chi connectivity index (χ4n) is 2.66. The van der Waals surface area contributed by atoms with Gasteiger partial charge in [-0.25, -0.2) is 9.52 Å². The molecule has 0 bridgehead atoms. The number of sulfonamides is 1. The Morgan fingerprint density at radius 1 is 0.929 bits per heavy atom. The highest BCUT2D eigenvalue weighted by atomic mass is 32.2. The van der Waals surface area contributed by atoms with Crippen LogP contribution in [-0.2, 0) is 10.0 Å². The monoisotopic (exact) mass is 404 g/mol. The number of nitrogens with zero attached hydrogens (tertiary/aromatic N) is 2. The van der Waals surface area contributed by atoms with Gasteiger partial charge < -0.3 is 5.32 Å². The fraction of sp³-hybridized carbons (Fsp3) is 0.368. The minimum Gasteiger partial charge on any atom is -0.307 e. The topological polar surface area (TPSA) is 118 Å². The molecular formula is C19H24N4O4S. The Morgan fingerprint density at radius 3 is 1.93 bits per heavy atom. The Bertz CT molecular complexity index is 957. The predicted molar refractivity (Wildman–Crippen MR) is 106 cm³/mol. The van der Waals surface area contributed by atoms with Crippen LogP contribution >= 0.6 is 0 Å². The number of ketones is 1. The number of carbonyl (C=O) groups excluding carboxylic acids is 2. The van der Waals surface area contributed by atoms with E-state index in [0.717, 1.165) is 17.2 Å². The van der Waals surface area contributed by atoms with Gasteiger partial charge in [0.25, 0.3) is 10.0 Å². The van der Waals surface area contributed by atoms with Crippen molar-refractivity contribution >= 4 is 27.5 Å². The predicted octanol–water partition coefficient (Wildman–Crippen LogP) is 3.44. The van der Waals surface area contributed by atoms with E-state index in [4.69, 9.17) is 0 Å². The Kier molecular flexibility index (Phi) is 6.50. The molecule has 0 aliphatic heterocycles. The Hall–Kier alpha value is -2.81. The van der Waals surface area contributed by atoms with Gasteiger partial charge in [-0.1, -0.05) is 45.9 Å². The highest BCUT2D eigenvalue weighted by Crippen LogP contribution is 2.32.